The average Bonchev–Trinajstić information content (AvgIpc) is 2.89. The van der Waals surface area contributed by atoms with Crippen LogP contribution in [0.3, 0.4) is 0 Å². The molecule has 23 heavy (non-hydrogen) atoms. The summed E-state index contributed by atoms with van der Waals surface area (Å²) >= 11 is 0. The van der Waals surface area contributed by atoms with E-state index in [1.807, 2.05) is 26.8 Å². The number of Topliss-reactive ketones (excluding diaryl/α,β-unsaturated/α-hetero) is 1. The third-order valence-electron chi connectivity index (χ3n) is 4.82. The minimum absolute atomic E-state index is 0.0518. The lowest BCUT2D eigenvalue weighted by molar-refractivity contribution is -0.127. The van der Waals surface area contributed by atoms with Gasteiger partial charge in [0.05, 0.1) is 5.92 Å². The van der Waals surface area contributed by atoms with Gasteiger partial charge in [-0.05, 0) is 26.2 Å². The number of allylic oxidation sites excluding steroid dienone is 2. The van der Waals surface area contributed by atoms with Crippen molar-refractivity contribution >= 4 is 33.3 Å². The molecule has 0 aromatic heterocycles. The van der Waals surface area contributed by atoms with E-state index in [-0.39, 0.29) is 22.5 Å². The normalized spacial score (nSPS) is 26.4. The minimum Gasteiger partial charge on any atom is -0.330 e. The number of carbonyl (C=O) groups excluding carboxylic acids is 2. The van der Waals surface area contributed by atoms with Gasteiger partial charge in [0, 0.05) is 28.5 Å². The van der Waals surface area contributed by atoms with E-state index in [0.717, 1.165) is 24.3 Å². The number of hydrogen-bond donors (Lipinski definition) is 1. The van der Waals surface area contributed by atoms with Crippen molar-refractivity contribution in [1.29, 1.82) is 0 Å². The first-order chi connectivity index (χ1) is 10.8. The van der Waals surface area contributed by atoms with Crippen molar-refractivity contribution in [2.75, 3.05) is 5.75 Å². The van der Waals surface area contributed by atoms with E-state index in [2.05, 4.69) is 26.1 Å². The van der Waals surface area contributed by atoms with Crippen LogP contribution in [0.4, 0.5) is 0 Å². The van der Waals surface area contributed by atoms with Gasteiger partial charge in [0.15, 0.2) is 0 Å². The van der Waals surface area contributed by atoms with Gasteiger partial charge in [0.2, 0.25) is 5.91 Å². The van der Waals surface area contributed by atoms with E-state index in [4.69, 9.17) is 0 Å². The fourth-order valence-corrected chi connectivity index (χ4v) is 6.71. The molecule has 0 spiro atoms. The highest BCUT2D eigenvalue weighted by atomic mass is 33.1. The van der Waals surface area contributed by atoms with Gasteiger partial charge in [0.1, 0.15) is 5.78 Å². The van der Waals surface area contributed by atoms with E-state index in [1.165, 1.54) is 0 Å². The second-order valence-electron chi connectivity index (χ2n) is 6.87. The summed E-state index contributed by atoms with van der Waals surface area (Å²) in [5.41, 5.74) is 0.879. The molecule has 0 radical (unpaired) electrons. The fraction of sp³-hybridized carbons (Fsp3) is 0.778. The van der Waals surface area contributed by atoms with Gasteiger partial charge < -0.3 is 5.32 Å². The number of ketones is 1. The average molecular weight is 358 g/mol. The maximum absolute atomic E-state index is 12.7. The molecule has 3 atom stereocenters. The van der Waals surface area contributed by atoms with E-state index >= 15 is 0 Å². The molecule has 5 heteroatoms. The summed E-state index contributed by atoms with van der Waals surface area (Å²) < 4.78 is -0.252. The molecule has 0 bridgehead atoms. The Morgan fingerprint density at radius 1 is 1.35 bits per heavy atom. The first-order valence-electron chi connectivity index (χ1n) is 8.54. The summed E-state index contributed by atoms with van der Waals surface area (Å²) in [7, 11) is 3.50. The summed E-state index contributed by atoms with van der Waals surface area (Å²) in [6, 6.07) is 0. The predicted molar refractivity (Wildman–Crippen MR) is 102 cm³/mol. The first kappa shape index (κ1) is 20.6. The highest BCUT2D eigenvalue weighted by Crippen LogP contribution is 2.55. The molecule has 0 aromatic rings. The van der Waals surface area contributed by atoms with E-state index in [0.29, 0.717) is 18.1 Å². The second kappa shape index (κ2) is 9.16. The lowest BCUT2D eigenvalue weighted by Gasteiger charge is -2.33. The Hall–Kier alpha value is -0.420. The molecule has 3 nitrogen and oxygen atoms in total. The molecular weight excluding hydrogens is 326 g/mol. The van der Waals surface area contributed by atoms with Crippen molar-refractivity contribution in [3.05, 3.63) is 11.8 Å². The quantitative estimate of drug-likeness (QED) is 0.632. The lowest BCUT2D eigenvalue weighted by Crippen LogP contribution is -2.44. The molecule has 1 aliphatic rings. The summed E-state index contributed by atoms with van der Waals surface area (Å²) in [4.78, 5) is 25.4. The number of amides is 1. The van der Waals surface area contributed by atoms with Crippen molar-refractivity contribution in [2.45, 2.75) is 65.6 Å². The van der Waals surface area contributed by atoms with E-state index in [1.54, 1.807) is 21.6 Å². The van der Waals surface area contributed by atoms with Gasteiger partial charge in [0.25, 0.3) is 0 Å². The monoisotopic (exact) mass is 357 g/mol. The largest absolute Gasteiger partial charge is 0.330 e. The van der Waals surface area contributed by atoms with Crippen LogP contribution in [0.5, 0.6) is 0 Å². The van der Waals surface area contributed by atoms with Crippen LogP contribution in [0.2, 0.25) is 0 Å². The number of carbonyl (C=O) groups is 2. The molecule has 1 amide bonds. The Bertz CT molecular complexity index is 462. The molecule has 0 saturated carbocycles. The van der Waals surface area contributed by atoms with Crippen LogP contribution in [-0.2, 0) is 9.59 Å². The summed E-state index contributed by atoms with van der Waals surface area (Å²) in [5.74, 6) is 1.45. The molecular formula is C18H31NO2S2. The Morgan fingerprint density at radius 2 is 2.00 bits per heavy atom. The van der Waals surface area contributed by atoms with Gasteiger partial charge >= 0.3 is 0 Å². The zero-order valence-corrected chi connectivity index (χ0v) is 16.9. The third kappa shape index (κ3) is 5.28. The van der Waals surface area contributed by atoms with Gasteiger partial charge in [-0.25, -0.2) is 0 Å². The molecule has 132 valence electrons. The van der Waals surface area contributed by atoms with Gasteiger partial charge in [-0.3, -0.25) is 9.59 Å². The topological polar surface area (TPSA) is 46.2 Å². The highest BCUT2D eigenvalue weighted by Gasteiger charge is 2.49. The maximum atomic E-state index is 12.7. The molecule has 1 N–H and O–H groups in total. The van der Waals surface area contributed by atoms with Crippen LogP contribution in [0.25, 0.3) is 0 Å². The van der Waals surface area contributed by atoms with Crippen LogP contribution in [0, 0.1) is 17.8 Å². The van der Waals surface area contributed by atoms with E-state index < -0.39 is 0 Å². The first-order valence-corrected chi connectivity index (χ1v) is 10.9. The minimum atomic E-state index is -0.252. The van der Waals surface area contributed by atoms with Crippen LogP contribution < -0.4 is 5.32 Å². The molecule has 1 aliphatic heterocycles. The molecule has 0 aliphatic carbocycles. The Morgan fingerprint density at radius 3 is 2.52 bits per heavy atom. The smallest absolute Gasteiger partial charge is 0.229 e. The van der Waals surface area contributed by atoms with Gasteiger partial charge in [-0.15, -0.1) is 0 Å². The summed E-state index contributed by atoms with van der Waals surface area (Å²) in [6.45, 7) is 12.1. The van der Waals surface area contributed by atoms with Crippen molar-refractivity contribution in [3.63, 3.8) is 0 Å². The molecule has 1 heterocycles. The maximum Gasteiger partial charge on any atom is 0.229 e. The van der Waals surface area contributed by atoms with Crippen molar-refractivity contribution in [3.8, 4) is 0 Å². The number of rotatable bonds is 8. The van der Waals surface area contributed by atoms with E-state index in [9.17, 15) is 9.59 Å². The Kier molecular flexibility index (Phi) is 8.22. The predicted octanol–water partition coefficient (Wildman–Crippen LogP) is 4.83. The Balaban J connectivity index is 2.96. The van der Waals surface area contributed by atoms with Crippen molar-refractivity contribution in [2.24, 2.45) is 17.8 Å². The van der Waals surface area contributed by atoms with Crippen LogP contribution in [0.1, 0.15) is 60.8 Å². The van der Waals surface area contributed by atoms with Crippen molar-refractivity contribution in [1.82, 2.24) is 5.32 Å². The highest BCUT2D eigenvalue weighted by molar-refractivity contribution is 8.77. The number of nitrogens with one attached hydrogen (secondary N) is 1. The van der Waals surface area contributed by atoms with Crippen LogP contribution in [-0.4, -0.2) is 22.2 Å². The third-order valence-corrected chi connectivity index (χ3v) is 8.13. The summed E-state index contributed by atoms with van der Waals surface area (Å²) in [6.07, 6.45) is 4.31. The van der Waals surface area contributed by atoms with Gasteiger partial charge in [-0.2, -0.15) is 0 Å². The zero-order chi connectivity index (χ0) is 17.6. The fourth-order valence-electron chi connectivity index (χ4n) is 2.81. The van der Waals surface area contributed by atoms with Crippen LogP contribution >= 0.6 is 21.6 Å². The Labute approximate surface area is 149 Å². The zero-order valence-electron chi connectivity index (χ0n) is 15.3. The molecule has 1 saturated heterocycles. The molecule has 3 unspecified atom stereocenters. The van der Waals surface area contributed by atoms with Crippen LogP contribution in [0.15, 0.2) is 11.8 Å². The second-order valence-corrected chi connectivity index (χ2v) is 9.63. The standard InChI is InChI=1S/C18H31NO2S2/c1-7-9-18(10-16(20)14(6)12(3)4)15(11-22-23-18)17(21)19-13(5)8-2/h8,12,14-15H,7,9-11H2,1-6H3,(H,19,21). The SMILES string of the molecule is CC=C(C)NC(=O)C1CSSC1(CCC)CC(=O)C(C)C(C)C. The molecule has 1 fully saturated rings. The number of hydrogen-bond acceptors (Lipinski definition) is 4. The molecule has 0 aromatic carbocycles. The van der Waals surface area contributed by atoms with Gasteiger partial charge in [-0.1, -0.05) is 61.8 Å². The van der Waals surface area contributed by atoms with Crippen molar-refractivity contribution < 1.29 is 9.59 Å². The molecule has 1 rings (SSSR count). The lowest BCUT2D eigenvalue weighted by atomic mass is 9.80. The summed E-state index contributed by atoms with van der Waals surface area (Å²) in [5, 5.41) is 2.99.